The van der Waals surface area contributed by atoms with Crippen molar-refractivity contribution in [3.63, 3.8) is 0 Å². The van der Waals surface area contributed by atoms with Crippen LogP contribution in [0.3, 0.4) is 0 Å². The van der Waals surface area contributed by atoms with Crippen LogP contribution in [0.5, 0.6) is 0 Å². The Morgan fingerprint density at radius 3 is 1.70 bits per heavy atom. The molecule has 0 spiro atoms. The zero-order valence-electron chi connectivity index (χ0n) is 25.4. The van der Waals surface area contributed by atoms with Crippen LogP contribution in [-0.2, 0) is 0 Å². The van der Waals surface area contributed by atoms with Crippen molar-refractivity contribution in [2.45, 2.75) is 6.92 Å². The monoisotopic (exact) mass is 618 g/mol. The summed E-state index contributed by atoms with van der Waals surface area (Å²) in [6, 6.07) is 31.8. The average molecular weight is 619 g/mol. The second kappa shape index (κ2) is 17.1. The molecule has 0 atom stereocenters. The van der Waals surface area contributed by atoms with Gasteiger partial charge in [-0.05, 0) is 77.7 Å². The number of rotatable bonds is 4. The third-order valence-corrected chi connectivity index (χ3v) is 6.74. The first kappa shape index (κ1) is 33.4. The summed E-state index contributed by atoms with van der Waals surface area (Å²) in [6.45, 7) is 2.04. The Hall–Kier alpha value is -6.50. The summed E-state index contributed by atoms with van der Waals surface area (Å²) in [5.41, 5.74) is 7.42. The van der Waals surface area contributed by atoms with Gasteiger partial charge in [0.25, 0.3) is 0 Å². The molecule has 0 aliphatic carbocycles. The molecule has 0 radical (unpaired) electrons. The maximum atomic E-state index is 13.6. The molecule has 6 heteroatoms. The van der Waals surface area contributed by atoms with Gasteiger partial charge in [-0.3, -0.25) is 19.6 Å². The van der Waals surface area contributed by atoms with Crippen molar-refractivity contribution >= 4 is 12.6 Å². The Morgan fingerprint density at radius 2 is 1.17 bits per heavy atom. The number of terminal acetylenes is 1. The van der Waals surface area contributed by atoms with Gasteiger partial charge in [-0.25, -0.2) is 8.78 Å². The quantitative estimate of drug-likeness (QED) is 0.146. The topological polar surface area (TPSA) is 59.9 Å². The number of carbonyl (C=O) groups is 2. The van der Waals surface area contributed by atoms with Crippen LogP contribution in [0, 0.1) is 42.7 Å². The van der Waals surface area contributed by atoms with Crippen LogP contribution in [-0.4, -0.2) is 22.5 Å². The minimum atomic E-state index is -0.339. The predicted molar refractivity (Wildman–Crippen MR) is 182 cm³/mol. The van der Waals surface area contributed by atoms with E-state index in [-0.39, 0.29) is 11.6 Å². The van der Waals surface area contributed by atoms with E-state index >= 15 is 0 Å². The fraction of sp³-hybridized carbons (Fsp3) is 0.0244. The van der Waals surface area contributed by atoms with E-state index < -0.39 is 0 Å². The molecule has 2 heterocycles. The first-order chi connectivity index (χ1) is 22.9. The van der Waals surface area contributed by atoms with Crippen molar-refractivity contribution in [3.8, 4) is 46.4 Å². The van der Waals surface area contributed by atoms with Gasteiger partial charge in [0.1, 0.15) is 11.6 Å². The highest BCUT2D eigenvalue weighted by Crippen LogP contribution is 2.23. The second-order valence-corrected chi connectivity index (χ2v) is 9.96. The standard InChI is InChI=1S/C20H12FNO.C13H11NO.C8H5F/c21-20-7-2-1-5-16(20)9-8-15-4-3-6-17(12-15)19-10-11-22-13-18(19)14-23;1-10-2-4-11(5-3-10)13-6-7-14-8-12(13)9-15;1-2-7-5-3-4-6-8(7)9/h1-7,10-14H;2-9H,1H3;1,3-6H. The highest BCUT2D eigenvalue weighted by Gasteiger charge is 2.05. The summed E-state index contributed by atoms with van der Waals surface area (Å²) in [7, 11) is 0. The number of benzene rings is 4. The molecule has 228 valence electrons. The van der Waals surface area contributed by atoms with Gasteiger partial charge in [0.2, 0.25) is 0 Å². The van der Waals surface area contributed by atoms with Crippen molar-refractivity contribution in [2.75, 3.05) is 0 Å². The summed E-state index contributed by atoms with van der Waals surface area (Å²) >= 11 is 0. The van der Waals surface area contributed by atoms with E-state index in [2.05, 4.69) is 27.7 Å². The number of aldehydes is 2. The fourth-order valence-electron chi connectivity index (χ4n) is 4.30. The number of halogens is 2. The van der Waals surface area contributed by atoms with Crippen LogP contribution < -0.4 is 0 Å². The number of carbonyl (C=O) groups excluding carboxylic acids is 2. The molecule has 6 aromatic rings. The molecule has 0 saturated carbocycles. The van der Waals surface area contributed by atoms with Gasteiger partial charge in [-0.2, -0.15) is 0 Å². The van der Waals surface area contributed by atoms with Gasteiger partial charge < -0.3 is 0 Å². The zero-order valence-corrected chi connectivity index (χ0v) is 25.4. The Labute approximate surface area is 272 Å². The number of pyridine rings is 2. The van der Waals surface area contributed by atoms with E-state index in [1.54, 1.807) is 61.1 Å². The highest BCUT2D eigenvalue weighted by molar-refractivity contribution is 5.87. The Balaban J connectivity index is 0.000000178. The lowest BCUT2D eigenvalue weighted by molar-refractivity contribution is 0.111. The highest BCUT2D eigenvalue weighted by atomic mass is 19.1. The molecule has 0 aliphatic heterocycles. The molecule has 4 nitrogen and oxygen atoms in total. The molecule has 4 aromatic carbocycles. The summed E-state index contributed by atoms with van der Waals surface area (Å²) in [6.07, 6.45) is 13.0. The SMILES string of the molecule is C#Cc1ccccc1F.Cc1ccc(-c2ccncc2C=O)cc1.O=Cc1cnccc1-c1cccc(C#Cc2ccccc2F)c1. The van der Waals surface area contributed by atoms with E-state index in [9.17, 15) is 18.4 Å². The van der Waals surface area contributed by atoms with Crippen LogP contribution in [0.1, 0.15) is 43.0 Å². The lowest BCUT2D eigenvalue weighted by Crippen LogP contribution is -1.89. The van der Waals surface area contributed by atoms with E-state index in [1.165, 1.54) is 23.9 Å². The van der Waals surface area contributed by atoms with Gasteiger partial charge in [0.05, 0.1) is 11.1 Å². The Bertz CT molecular complexity index is 2090. The molecule has 2 aromatic heterocycles. The second-order valence-electron chi connectivity index (χ2n) is 9.96. The number of aromatic nitrogens is 2. The normalized spacial score (nSPS) is 9.57. The van der Waals surface area contributed by atoms with Crippen LogP contribution in [0.2, 0.25) is 0 Å². The zero-order chi connectivity index (χ0) is 33.4. The van der Waals surface area contributed by atoms with E-state index in [0.29, 0.717) is 22.3 Å². The first-order valence-corrected chi connectivity index (χ1v) is 14.4. The molecule has 0 bridgehead atoms. The van der Waals surface area contributed by atoms with Gasteiger partial charge >= 0.3 is 0 Å². The molecule has 0 amide bonds. The van der Waals surface area contributed by atoms with Crippen LogP contribution in [0.25, 0.3) is 22.3 Å². The molecule has 0 fully saturated rings. The third kappa shape index (κ3) is 9.49. The van der Waals surface area contributed by atoms with Crippen molar-refractivity contribution in [2.24, 2.45) is 0 Å². The maximum absolute atomic E-state index is 13.6. The largest absolute Gasteiger partial charge is 0.298 e. The molecule has 0 aliphatic rings. The minimum absolute atomic E-state index is 0.317. The number of aryl methyl sites for hydroxylation is 1. The Kier molecular flexibility index (Phi) is 12.2. The summed E-state index contributed by atoms with van der Waals surface area (Å²) < 4.78 is 26.0. The molecule has 6 rings (SSSR count). The lowest BCUT2D eigenvalue weighted by Gasteiger charge is -2.04. The van der Waals surface area contributed by atoms with Crippen LogP contribution >= 0.6 is 0 Å². The van der Waals surface area contributed by atoms with Gasteiger partial charge in [0.15, 0.2) is 12.6 Å². The molecular formula is C41H28F2N2O2. The lowest BCUT2D eigenvalue weighted by atomic mass is 10.0. The molecular weight excluding hydrogens is 590 g/mol. The maximum Gasteiger partial charge on any atom is 0.152 e. The smallest absolute Gasteiger partial charge is 0.152 e. The summed E-state index contributed by atoms with van der Waals surface area (Å²) in [4.78, 5) is 29.8. The van der Waals surface area contributed by atoms with Gasteiger partial charge in [-0.1, -0.05) is 84.0 Å². The van der Waals surface area contributed by atoms with Crippen LogP contribution in [0.4, 0.5) is 8.78 Å². The van der Waals surface area contributed by atoms with Gasteiger partial charge in [-0.15, -0.1) is 6.42 Å². The number of hydrogen-bond acceptors (Lipinski definition) is 4. The average Bonchev–Trinajstić information content (AvgIpc) is 3.12. The van der Waals surface area contributed by atoms with Crippen LogP contribution in [0.15, 0.2) is 134 Å². The van der Waals surface area contributed by atoms with Crippen molar-refractivity contribution in [1.29, 1.82) is 0 Å². The fourth-order valence-corrected chi connectivity index (χ4v) is 4.30. The number of hydrogen-bond donors (Lipinski definition) is 0. The van der Waals surface area contributed by atoms with Crippen molar-refractivity contribution < 1.29 is 18.4 Å². The van der Waals surface area contributed by atoms with E-state index in [1.807, 2.05) is 61.5 Å². The summed E-state index contributed by atoms with van der Waals surface area (Å²) in [5, 5.41) is 0. The Morgan fingerprint density at radius 1 is 0.617 bits per heavy atom. The molecule has 47 heavy (non-hydrogen) atoms. The van der Waals surface area contributed by atoms with Gasteiger partial charge in [0, 0.05) is 41.5 Å². The predicted octanol–water partition coefficient (Wildman–Crippen LogP) is 8.78. The van der Waals surface area contributed by atoms with E-state index in [4.69, 9.17) is 6.42 Å². The first-order valence-electron chi connectivity index (χ1n) is 14.4. The molecule has 0 saturated heterocycles. The minimum Gasteiger partial charge on any atom is -0.298 e. The molecule has 0 unspecified atom stereocenters. The number of nitrogens with zero attached hydrogens (tertiary/aromatic N) is 2. The van der Waals surface area contributed by atoms with Crippen molar-refractivity contribution in [1.82, 2.24) is 9.97 Å². The van der Waals surface area contributed by atoms with E-state index in [0.717, 1.165) is 40.4 Å². The third-order valence-electron chi connectivity index (χ3n) is 6.74. The van der Waals surface area contributed by atoms with Crippen molar-refractivity contribution in [3.05, 3.63) is 179 Å². The summed E-state index contributed by atoms with van der Waals surface area (Å²) in [5.74, 6) is 7.33. The molecule has 0 N–H and O–H groups in total.